The summed E-state index contributed by atoms with van der Waals surface area (Å²) in [6, 6.07) is 9.16. The van der Waals surface area contributed by atoms with Crippen molar-refractivity contribution in [3.63, 3.8) is 0 Å². The first-order chi connectivity index (χ1) is 10.3. The molecule has 0 heterocycles. The Morgan fingerprint density at radius 1 is 1.10 bits per heavy atom. The van der Waals surface area contributed by atoms with E-state index >= 15 is 0 Å². The molecule has 21 heavy (non-hydrogen) atoms. The second-order valence-electron chi connectivity index (χ2n) is 6.35. The lowest BCUT2D eigenvalue weighted by Gasteiger charge is -2.23. The van der Waals surface area contributed by atoms with E-state index in [0.717, 1.165) is 24.7 Å². The van der Waals surface area contributed by atoms with Gasteiger partial charge in [0.1, 0.15) is 5.75 Å². The number of hydrogen-bond acceptors (Lipinski definition) is 2. The Kier molecular flexibility index (Phi) is 7.08. The maximum absolute atomic E-state index is 5.67. The smallest absolute Gasteiger partial charge is 0.119 e. The van der Waals surface area contributed by atoms with Gasteiger partial charge < -0.3 is 10.1 Å². The number of hydrogen-bond donors (Lipinski definition) is 1. The van der Waals surface area contributed by atoms with Gasteiger partial charge in [-0.3, -0.25) is 0 Å². The summed E-state index contributed by atoms with van der Waals surface area (Å²) in [5, 5.41) is 3.51. The van der Waals surface area contributed by atoms with Crippen molar-refractivity contribution in [2.45, 2.75) is 64.3 Å². The minimum atomic E-state index is 0.480. The molecule has 2 rings (SSSR count). The van der Waals surface area contributed by atoms with E-state index in [1.54, 1.807) is 0 Å². The van der Waals surface area contributed by atoms with Gasteiger partial charge in [0, 0.05) is 6.04 Å². The largest absolute Gasteiger partial charge is 0.494 e. The van der Waals surface area contributed by atoms with E-state index in [2.05, 4.69) is 43.6 Å². The van der Waals surface area contributed by atoms with Crippen molar-refractivity contribution in [1.82, 2.24) is 5.32 Å². The monoisotopic (exact) mass is 289 g/mol. The van der Waals surface area contributed by atoms with Crippen LogP contribution in [0.5, 0.6) is 5.75 Å². The van der Waals surface area contributed by atoms with Crippen molar-refractivity contribution < 1.29 is 4.74 Å². The molecule has 1 aromatic rings. The molecule has 1 unspecified atom stereocenters. The van der Waals surface area contributed by atoms with Crippen LogP contribution in [0.25, 0.3) is 0 Å². The van der Waals surface area contributed by atoms with E-state index in [-0.39, 0.29) is 0 Å². The van der Waals surface area contributed by atoms with Gasteiger partial charge in [-0.2, -0.15) is 0 Å². The highest BCUT2D eigenvalue weighted by Gasteiger charge is 2.18. The first-order valence-electron chi connectivity index (χ1n) is 8.73. The van der Waals surface area contributed by atoms with Crippen molar-refractivity contribution in [3.8, 4) is 5.75 Å². The van der Waals surface area contributed by atoms with Gasteiger partial charge in [0.05, 0.1) is 6.61 Å². The standard InChI is InChI=1S/C19H31NO/c1-3-14-21-18-12-10-17(11-13-18)19(20-2)15-16-8-6-4-5-7-9-16/h10-13,16,19-20H,3-9,14-15H2,1-2H3. The Balaban J connectivity index is 1.92. The second-order valence-corrected chi connectivity index (χ2v) is 6.35. The molecule has 0 aliphatic heterocycles. The molecule has 0 spiro atoms. The lowest BCUT2D eigenvalue weighted by molar-refractivity contribution is 0.317. The molecule has 0 saturated heterocycles. The third-order valence-corrected chi connectivity index (χ3v) is 4.65. The van der Waals surface area contributed by atoms with Gasteiger partial charge in [0.25, 0.3) is 0 Å². The first kappa shape index (κ1) is 16.4. The molecule has 1 N–H and O–H groups in total. The van der Waals surface area contributed by atoms with Crippen molar-refractivity contribution in [2.24, 2.45) is 5.92 Å². The lowest BCUT2D eigenvalue weighted by Crippen LogP contribution is -2.20. The van der Waals surface area contributed by atoms with Crippen molar-refractivity contribution in [3.05, 3.63) is 29.8 Å². The van der Waals surface area contributed by atoms with Gasteiger partial charge in [-0.05, 0) is 43.5 Å². The molecule has 1 aliphatic carbocycles. The fourth-order valence-electron chi connectivity index (χ4n) is 3.37. The zero-order valence-electron chi connectivity index (χ0n) is 13.7. The highest BCUT2D eigenvalue weighted by Crippen LogP contribution is 2.31. The first-order valence-corrected chi connectivity index (χ1v) is 8.73. The maximum Gasteiger partial charge on any atom is 0.119 e. The summed E-state index contributed by atoms with van der Waals surface area (Å²) >= 11 is 0. The van der Waals surface area contributed by atoms with Crippen LogP contribution in [0, 0.1) is 5.92 Å². The number of ether oxygens (including phenoxy) is 1. The van der Waals surface area contributed by atoms with Crippen molar-refractivity contribution in [1.29, 1.82) is 0 Å². The summed E-state index contributed by atoms with van der Waals surface area (Å²) < 4.78 is 5.67. The minimum Gasteiger partial charge on any atom is -0.494 e. The van der Waals surface area contributed by atoms with Crippen LogP contribution in [0.1, 0.15) is 69.9 Å². The van der Waals surface area contributed by atoms with Crippen LogP contribution in [0.3, 0.4) is 0 Å². The number of rotatable bonds is 7. The van der Waals surface area contributed by atoms with E-state index in [9.17, 15) is 0 Å². The number of benzene rings is 1. The van der Waals surface area contributed by atoms with Gasteiger partial charge in [-0.25, -0.2) is 0 Å². The lowest BCUT2D eigenvalue weighted by atomic mass is 9.89. The molecular weight excluding hydrogens is 258 g/mol. The highest BCUT2D eigenvalue weighted by molar-refractivity contribution is 5.29. The summed E-state index contributed by atoms with van der Waals surface area (Å²) in [5.41, 5.74) is 1.39. The van der Waals surface area contributed by atoms with Gasteiger partial charge in [0.15, 0.2) is 0 Å². The average molecular weight is 289 g/mol. The molecule has 2 heteroatoms. The fourth-order valence-corrected chi connectivity index (χ4v) is 3.37. The van der Waals surface area contributed by atoms with Gasteiger partial charge in [0.2, 0.25) is 0 Å². The molecule has 0 aromatic heterocycles. The van der Waals surface area contributed by atoms with Gasteiger partial charge >= 0.3 is 0 Å². The zero-order chi connectivity index (χ0) is 14.9. The molecule has 2 nitrogen and oxygen atoms in total. The predicted molar refractivity (Wildman–Crippen MR) is 89.8 cm³/mol. The van der Waals surface area contributed by atoms with Gasteiger partial charge in [-0.1, -0.05) is 57.6 Å². The van der Waals surface area contributed by atoms with Crippen LogP contribution < -0.4 is 10.1 Å². The van der Waals surface area contributed by atoms with E-state index in [4.69, 9.17) is 4.74 Å². The normalized spacial score (nSPS) is 18.2. The topological polar surface area (TPSA) is 21.3 Å². The molecule has 1 saturated carbocycles. The van der Waals surface area contributed by atoms with Crippen LogP contribution in [0.15, 0.2) is 24.3 Å². The van der Waals surface area contributed by atoms with E-state index in [0.29, 0.717) is 6.04 Å². The van der Waals surface area contributed by atoms with E-state index < -0.39 is 0 Å². The van der Waals surface area contributed by atoms with Crippen molar-refractivity contribution in [2.75, 3.05) is 13.7 Å². The molecule has 1 aliphatic rings. The Labute approximate surface area is 130 Å². The fraction of sp³-hybridized carbons (Fsp3) is 0.684. The minimum absolute atomic E-state index is 0.480. The molecule has 0 bridgehead atoms. The van der Waals surface area contributed by atoms with Crippen LogP contribution in [-0.2, 0) is 0 Å². The zero-order valence-corrected chi connectivity index (χ0v) is 13.7. The highest BCUT2D eigenvalue weighted by atomic mass is 16.5. The van der Waals surface area contributed by atoms with E-state index in [1.807, 2.05) is 0 Å². The predicted octanol–water partition coefficient (Wildman–Crippen LogP) is 5.10. The molecule has 118 valence electrons. The summed E-state index contributed by atoms with van der Waals surface area (Å²) in [5.74, 6) is 1.88. The average Bonchev–Trinajstić information content (AvgIpc) is 2.80. The van der Waals surface area contributed by atoms with Gasteiger partial charge in [-0.15, -0.1) is 0 Å². The Hall–Kier alpha value is -1.02. The molecule has 1 aromatic carbocycles. The Morgan fingerprint density at radius 3 is 2.33 bits per heavy atom. The Bertz CT molecular complexity index is 379. The van der Waals surface area contributed by atoms with E-state index in [1.165, 1.54) is 50.5 Å². The SMILES string of the molecule is CCCOc1ccc(C(CC2CCCCCC2)NC)cc1. The summed E-state index contributed by atoms with van der Waals surface area (Å²) in [6.07, 6.45) is 10.9. The maximum atomic E-state index is 5.67. The molecule has 1 atom stereocenters. The molecule has 0 radical (unpaired) electrons. The van der Waals surface area contributed by atoms with Crippen LogP contribution in [0.4, 0.5) is 0 Å². The summed E-state index contributed by atoms with van der Waals surface area (Å²) in [7, 11) is 2.09. The quantitative estimate of drug-likeness (QED) is 0.705. The second kappa shape index (κ2) is 9.09. The van der Waals surface area contributed by atoms with Crippen molar-refractivity contribution >= 4 is 0 Å². The van der Waals surface area contributed by atoms with Crippen LogP contribution in [-0.4, -0.2) is 13.7 Å². The molecular formula is C19H31NO. The summed E-state index contributed by atoms with van der Waals surface area (Å²) in [4.78, 5) is 0. The third-order valence-electron chi connectivity index (χ3n) is 4.65. The van der Waals surface area contributed by atoms with Crippen LogP contribution in [0.2, 0.25) is 0 Å². The molecule has 1 fully saturated rings. The number of nitrogens with one attached hydrogen (secondary N) is 1. The molecule has 0 amide bonds. The third kappa shape index (κ3) is 5.35. The van der Waals surface area contributed by atoms with Crippen LogP contribution >= 0.6 is 0 Å². The summed E-state index contributed by atoms with van der Waals surface area (Å²) in [6.45, 7) is 2.94. The Morgan fingerprint density at radius 2 is 1.76 bits per heavy atom.